The van der Waals surface area contributed by atoms with Gasteiger partial charge in [0.15, 0.2) is 5.78 Å². The minimum absolute atomic E-state index is 0.294. The van der Waals surface area contributed by atoms with Crippen LogP contribution in [0.25, 0.3) is 0 Å². The predicted octanol–water partition coefficient (Wildman–Crippen LogP) is 0.975. The maximum atomic E-state index is 11.3. The summed E-state index contributed by atoms with van der Waals surface area (Å²) in [6.07, 6.45) is -1.01. The van der Waals surface area contributed by atoms with Crippen molar-refractivity contribution in [2.75, 3.05) is 5.32 Å². The molecule has 1 atom stereocenters. The van der Waals surface area contributed by atoms with Crippen molar-refractivity contribution in [1.82, 2.24) is 0 Å². The zero-order valence-corrected chi connectivity index (χ0v) is 7.61. The Bertz CT molecular complexity index is 400. The molecular formula is C10H9NO3. The van der Waals surface area contributed by atoms with Crippen LogP contribution in [0.4, 0.5) is 5.69 Å². The highest BCUT2D eigenvalue weighted by molar-refractivity contribution is 6.11. The van der Waals surface area contributed by atoms with E-state index in [-0.39, 0.29) is 5.78 Å². The summed E-state index contributed by atoms with van der Waals surface area (Å²) >= 11 is 0. The van der Waals surface area contributed by atoms with Crippen molar-refractivity contribution in [2.45, 2.75) is 13.0 Å². The number of fused-ring (bicyclic) bond motifs is 1. The maximum Gasteiger partial charge on any atom is 0.273 e. The Kier molecular flexibility index (Phi) is 1.96. The molecule has 4 heteroatoms. The number of carbonyl (C=O) groups excluding carboxylic acids is 2. The Hall–Kier alpha value is -1.84. The molecule has 1 heterocycles. The Morgan fingerprint density at radius 1 is 1.43 bits per heavy atom. The second-order valence-electron chi connectivity index (χ2n) is 3.09. The van der Waals surface area contributed by atoms with E-state index in [0.717, 1.165) is 0 Å². The van der Waals surface area contributed by atoms with Gasteiger partial charge in [-0.3, -0.25) is 9.59 Å². The zero-order chi connectivity index (χ0) is 10.1. The first-order valence-corrected chi connectivity index (χ1v) is 4.25. The molecule has 0 aromatic heterocycles. The highest BCUT2D eigenvalue weighted by atomic mass is 16.5. The monoisotopic (exact) mass is 191 g/mol. The van der Waals surface area contributed by atoms with Crippen molar-refractivity contribution >= 4 is 17.4 Å². The molecule has 0 radical (unpaired) electrons. The molecule has 2 rings (SSSR count). The van der Waals surface area contributed by atoms with Gasteiger partial charge in [-0.25, -0.2) is 0 Å². The fourth-order valence-corrected chi connectivity index (χ4v) is 1.32. The van der Waals surface area contributed by atoms with Crippen molar-refractivity contribution in [1.29, 1.82) is 0 Å². The molecule has 14 heavy (non-hydrogen) atoms. The lowest BCUT2D eigenvalue weighted by Gasteiger charge is -2.23. The van der Waals surface area contributed by atoms with Crippen LogP contribution in [-0.2, 0) is 9.59 Å². The Labute approximate surface area is 80.9 Å². The topological polar surface area (TPSA) is 55.4 Å². The second kappa shape index (κ2) is 3.14. The number of carbonyl (C=O) groups is 2. The standard InChI is InChI=1S/C10H9NO3/c1-6(12)9-10(13)11-7-4-2-3-5-8(7)14-9/h2-5,9H,1H3,(H,11,13). The molecule has 1 amide bonds. The first-order valence-electron chi connectivity index (χ1n) is 4.25. The Balaban J connectivity index is 2.36. The molecule has 0 spiro atoms. The van der Waals surface area contributed by atoms with Crippen molar-refractivity contribution in [3.05, 3.63) is 24.3 Å². The van der Waals surface area contributed by atoms with Crippen molar-refractivity contribution in [3.8, 4) is 5.75 Å². The van der Waals surface area contributed by atoms with E-state index in [1.165, 1.54) is 6.92 Å². The third-order valence-electron chi connectivity index (χ3n) is 2.00. The molecule has 0 fully saturated rings. The van der Waals surface area contributed by atoms with E-state index in [1.807, 2.05) is 0 Å². The number of hydrogen-bond donors (Lipinski definition) is 1. The Morgan fingerprint density at radius 2 is 2.14 bits per heavy atom. The fraction of sp³-hybridized carbons (Fsp3) is 0.200. The highest BCUT2D eigenvalue weighted by Crippen LogP contribution is 2.28. The van der Waals surface area contributed by atoms with Crippen LogP contribution in [0.1, 0.15) is 6.92 Å². The number of amides is 1. The quantitative estimate of drug-likeness (QED) is 0.673. The number of ketones is 1. The average molecular weight is 191 g/mol. The lowest BCUT2D eigenvalue weighted by molar-refractivity contribution is -0.134. The summed E-state index contributed by atoms with van der Waals surface area (Å²) in [5, 5.41) is 2.61. The number of para-hydroxylation sites is 2. The molecule has 1 N–H and O–H groups in total. The van der Waals surface area contributed by atoms with E-state index in [4.69, 9.17) is 4.74 Å². The molecule has 0 saturated heterocycles. The van der Waals surface area contributed by atoms with Gasteiger partial charge in [0, 0.05) is 0 Å². The minimum atomic E-state index is -1.01. The minimum Gasteiger partial charge on any atom is -0.471 e. The van der Waals surface area contributed by atoms with Gasteiger partial charge in [0.05, 0.1) is 5.69 Å². The van der Waals surface area contributed by atoms with Gasteiger partial charge in [0.1, 0.15) is 5.75 Å². The van der Waals surface area contributed by atoms with Crippen LogP contribution in [0.15, 0.2) is 24.3 Å². The lowest BCUT2D eigenvalue weighted by atomic mass is 10.2. The molecule has 72 valence electrons. The molecule has 0 bridgehead atoms. The summed E-state index contributed by atoms with van der Waals surface area (Å²) in [4.78, 5) is 22.4. The van der Waals surface area contributed by atoms with Gasteiger partial charge in [0.25, 0.3) is 5.91 Å². The van der Waals surface area contributed by atoms with E-state index in [0.29, 0.717) is 11.4 Å². The van der Waals surface area contributed by atoms with Gasteiger partial charge >= 0.3 is 0 Å². The number of nitrogens with one attached hydrogen (secondary N) is 1. The summed E-state index contributed by atoms with van der Waals surface area (Å²) in [5.41, 5.74) is 0.606. The number of benzene rings is 1. The summed E-state index contributed by atoms with van der Waals surface area (Å²) in [6, 6.07) is 7.01. The molecule has 4 nitrogen and oxygen atoms in total. The molecule has 1 unspecified atom stereocenters. The van der Waals surface area contributed by atoms with E-state index in [2.05, 4.69) is 5.32 Å². The van der Waals surface area contributed by atoms with E-state index < -0.39 is 12.0 Å². The van der Waals surface area contributed by atoms with Crippen LogP contribution in [0.3, 0.4) is 0 Å². The van der Waals surface area contributed by atoms with Gasteiger partial charge in [0.2, 0.25) is 6.10 Å². The first-order chi connectivity index (χ1) is 6.68. The fourth-order valence-electron chi connectivity index (χ4n) is 1.32. The Morgan fingerprint density at radius 3 is 2.86 bits per heavy atom. The zero-order valence-electron chi connectivity index (χ0n) is 7.61. The maximum absolute atomic E-state index is 11.3. The van der Waals surface area contributed by atoms with E-state index in [9.17, 15) is 9.59 Å². The van der Waals surface area contributed by atoms with Crippen LogP contribution in [0.2, 0.25) is 0 Å². The highest BCUT2D eigenvalue weighted by Gasteiger charge is 2.30. The average Bonchev–Trinajstić information content (AvgIpc) is 2.16. The van der Waals surface area contributed by atoms with Crippen molar-refractivity contribution in [3.63, 3.8) is 0 Å². The number of hydrogen-bond acceptors (Lipinski definition) is 3. The first kappa shape index (κ1) is 8.74. The summed E-state index contributed by atoms with van der Waals surface area (Å²) in [6.45, 7) is 1.33. The lowest BCUT2D eigenvalue weighted by Crippen LogP contribution is -2.41. The number of rotatable bonds is 1. The number of ether oxygens (including phenoxy) is 1. The van der Waals surface area contributed by atoms with Gasteiger partial charge in [-0.2, -0.15) is 0 Å². The van der Waals surface area contributed by atoms with Gasteiger partial charge in [-0.1, -0.05) is 12.1 Å². The SMILES string of the molecule is CC(=O)C1Oc2ccccc2NC1=O. The second-order valence-corrected chi connectivity index (χ2v) is 3.09. The molecule has 1 aromatic carbocycles. The molecule has 0 saturated carbocycles. The normalized spacial score (nSPS) is 19.2. The van der Waals surface area contributed by atoms with Gasteiger partial charge in [-0.05, 0) is 19.1 Å². The molecule has 1 aromatic rings. The third kappa shape index (κ3) is 1.35. The number of anilines is 1. The molecule has 0 aliphatic carbocycles. The summed E-state index contributed by atoms with van der Waals surface area (Å²) < 4.78 is 5.24. The third-order valence-corrected chi connectivity index (χ3v) is 2.00. The van der Waals surface area contributed by atoms with E-state index >= 15 is 0 Å². The summed E-state index contributed by atoms with van der Waals surface area (Å²) in [7, 11) is 0. The van der Waals surface area contributed by atoms with Crippen LogP contribution in [-0.4, -0.2) is 17.8 Å². The van der Waals surface area contributed by atoms with E-state index in [1.54, 1.807) is 24.3 Å². The van der Waals surface area contributed by atoms with Crippen molar-refractivity contribution < 1.29 is 14.3 Å². The smallest absolute Gasteiger partial charge is 0.273 e. The number of Topliss-reactive ketones (excluding diaryl/α,β-unsaturated/α-hetero) is 1. The molecular weight excluding hydrogens is 182 g/mol. The van der Waals surface area contributed by atoms with Crippen LogP contribution >= 0.6 is 0 Å². The van der Waals surface area contributed by atoms with Gasteiger partial charge in [-0.15, -0.1) is 0 Å². The largest absolute Gasteiger partial charge is 0.471 e. The van der Waals surface area contributed by atoms with Crippen molar-refractivity contribution in [2.24, 2.45) is 0 Å². The van der Waals surface area contributed by atoms with Crippen LogP contribution < -0.4 is 10.1 Å². The molecule has 1 aliphatic heterocycles. The van der Waals surface area contributed by atoms with Crippen LogP contribution in [0, 0.1) is 0 Å². The predicted molar refractivity (Wildman–Crippen MR) is 50.2 cm³/mol. The van der Waals surface area contributed by atoms with Gasteiger partial charge < -0.3 is 10.1 Å². The summed E-state index contributed by atoms with van der Waals surface area (Å²) in [5.74, 6) is -0.166. The molecule has 1 aliphatic rings. The van der Waals surface area contributed by atoms with Crippen LogP contribution in [0.5, 0.6) is 5.75 Å².